The molecule has 1 saturated heterocycles. The van der Waals surface area contributed by atoms with Crippen molar-refractivity contribution in [2.24, 2.45) is 0 Å². The van der Waals surface area contributed by atoms with Gasteiger partial charge >= 0.3 is 12.1 Å². The molecular formula is C18H22N2O7. The zero-order valence-corrected chi connectivity index (χ0v) is 15.3. The second-order valence-corrected chi connectivity index (χ2v) is 7.70. The molecule has 1 amide bonds. The van der Waals surface area contributed by atoms with E-state index < -0.39 is 28.7 Å². The number of non-ortho nitro benzene ring substituents is 1. The van der Waals surface area contributed by atoms with Crippen LogP contribution >= 0.6 is 0 Å². The number of hydrogen-bond acceptors (Lipinski definition) is 7. The van der Waals surface area contributed by atoms with Gasteiger partial charge in [0.05, 0.1) is 16.6 Å². The lowest BCUT2D eigenvalue weighted by Gasteiger charge is -2.28. The van der Waals surface area contributed by atoms with Crippen molar-refractivity contribution < 1.29 is 28.7 Å². The zero-order chi connectivity index (χ0) is 19.8. The molecule has 1 aliphatic carbocycles. The molecule has 1 aromatic rings. The zero-order valence-electron chi connectivity index (χ0n) is 15.3. The lowest BCUT2D eigenvalue weighted by molar-refractivity contribution is -0.384. The minimum atomic E-state index is -0.598. The van der Waals surface area contributed by atoms with E-state index in [2.05, 4.69) is 5.32 Å². The lowest BCUT2D eigenvalue weighted by atomic mass is 9.93. The van der Waals surface area contributed by atoms with Crippen LogP contribution in [0.3, 0.4) is 0 Å². The quantitative estimate of drug-likeness (QED) is 0.370. The molecule has 9 heteroatoms. The predicted octanol–water partition coefficient (Wildman–Crippen LogP) is 2.57. The Bertz CT molecular complexity index is 741. The number of esters is 1. The number of nitro groups is 1. The average Bonchev–Trinajstić information content (AvgIpc) is 3.32. The van der Waals surface area contributed by atoms with E-state index in [9.17, 15) is 19.7 Å². The summed E-state index contributed by atoms with van der Waals surface area (Å²) in [5, 5.41) is 13.5. The molecular weight excluding hydrogens is 356 g/mol. The van der Waals surface area contributed by atoms with Gasteiger partial charge in [-0.05, 0) is 39.3 Å². The van der Waals surface area contributed by atoms with Crippen LogP contribution < -0.4 is 5.32 Å². The Balaban J connectivity index is 1.57. The number of alkyl carbamates (subject to hydrolysis) is 1. The number of nitrogens with one attached hydrogen (secondary N) is 1. The van der Waals surface area contributed by atoms with Gasteiger partial charge in [-0.15, -0.1) is 0 Å². The molecule has 3 rings (SSSR count). The van der Waals surface area contributed by atoms with Crippen LogP contribution in [0.15, 0.2) is 24.3 Å². The van der Waals surface area contributed by atoms with Crippen molar-refractivity contribution in [3.63, 3.8) is 0 Å². The summed E-state index contributed by atoms with van der Waals surface area (Å²) in [6.07, 6.45) is -0.204. The summed E-state index contributed by atoms with van der Waals surface area (Å²) in [5.41, 5.74) is -0.476. The highest BCUT2D eigenvalue weighted by Crippen LogP contribution is 2.39. The fourth-order valence-electron chi connectivity index (χ4n) is 3.10. The summed E-state index contributed by atoms with van der Waals surface area (Å²) in [6, 6.07) is 4.98. The SMILES string of the molecule is CC(C)(C)OC(=O)NC1CC(OC(=O)c2ccc([N+](=O)[O-])cc2)C2OC2C1. The third-order valence-electron chi connectivity index (χ3n) is 4.31. The molecule has 1 aliphatic heterocycles. The maximum atomic E-state index is 12.3. The van der Waals surface area contributed by atoms with E-state index in [0.717, 1.165) is 0 Å². The minimum Gasteiger partial charge on any atom is -0.456 e. The Kier molecular flexibility index (Phi) is 5.05. The predicted molar refractivity (Wildman–Crippen MR) is 93.4 cm³/mol. The number of nitro benzene ring substituents is 1. The maximum Gasteiger partial charge on any atom is 0.407 e. The molecule has 0 spiro atoms. The number of amides is 1. The highest BCUT2D eigenvalue weighted by Gasteiger charge is 2.52. The third-order valence-corrected chi connectivity index (χ3v) is 4.31. The van der Waals surface area contributed by atoms with E-state index in [-0.39, 0.29) is 29.5 Å². The summed E-state index contributed by atoms with van der Waals surface area (Å²) >= 11 is 0. The van der Waals surface area contributed by atoms with Crippen molar-refractivity contribution in [1.82, 2.24) is 5.32 Å². The molecule has 1 saturated carbocycles. The highest BCUT2D eigenvalue weighted by atomic mass is 16.6. The normalized spacial score (nSPS) is 26.5. The molecule has 1 aromatic carbocycles. The van der Waals surface area contributed by atoms with Crippen molar-refractivity contribution in [3.8, 4) is 0 Å². The maximum absolute atomic E-state index is 12.3. The number of rotatable bonds is 4. The van der Waals surface area contributed by atoms with E-state index >= 15 is 0 Å². The average molecular weight is 378 g/mol. The largest absolute Gasteiger partial charge is 0.456 e. The first-order valence-corrected chi connectivity index (χ1v) is 8.73. The molecule has 0 aromatic heterocycles. The topological polar surface area (TPSA) is 120 Å². The monoisotopic (exact) mass is 378 g/mol. The number of hydrogen-bond donors (Lipinski definition) is 1. The van der Waals surface area contributed by atoms with E-state index in [0.29, 0.717) is 12.8 Å². The van der Waals surface area contributed by atoms with Crippen LogP contribution in [0.5, 0.6) is 0 Å². The Labute approximate surface area is 156 Å². The van der Waals surface area contributed by atoms with Crippen LogP contribution in [0.25, 0.3) is 0 Å². The Morgan fingerprint density at radius 1 is 1.22 bits per heavy atom. The first-order chi connectivity index (χ1) is 12.6. The smallest absolute Gasteiger partial charge is 0.407 e. The van der Waals surface area contributed by atoms with Gasteiger partial charge in [0.15, 0.2) is 0 Å². The van der Waals surface area contributed by atoms with Crippen molar-refractivity contribution >= 4 is 17.7 Å². The first-order valence-electron chi connectivity index (χ1n) is 8.73. The standard InChI is InChI=1S/C18H22N2O7/c1-18(2,3)27-17(22)19-11-8-13-15(25-13)14(9-11)26-16(21)10-4-6-12(7-5-10)20(23)24/h4-7,11,13-15H,8-9H2,1-3H3,(H,19,22). The van der Waals surface area contributed by atoms with Gasteiger partial charge in [-0.1, -0.05) is 0 Å². The summed E-state index contributed by atoms with van der Waals surface area (Å²) in [6.45, 7) is 5.34. The number of carbonyl (C=O) groups is 2. The number of nitrogens with zero attached hydrogens (tertiary/aromatic N) is 1. The van der Waals surface area contributed by atoms with Crippen LogP contribution in [-0.4, -0.2) is 46.9 Å². The summed E-state index contributed by atoms with van der Waals surface area (Å²) in [5.74, 6) is -0.581. The lowest BCUT2D eigenvalue weighted by Crippen LogP contribution is -2.45. The third kappa shape index (κ3) is 4.94. The second kappa shape index (κ2) is 7.15. The van der Waals surface area contributed by atoms with Crippen LogP contribution in [0.2, 0.25) is 0 Å². The Morgan fingerprint density at radius 3 is 2.48 bits per heavy atom. The number of ether oxygens (including phenoxy) is 3. The summed E-state index contributed by atoms with van der Waals surface area (Å²) in [4.78, 5) is 34.4. The van der Waals surface area contributed by atoms with E-state index in [1.54, 1.807) is 20.8 Å². The van der Waals surface area contributed by atoms with Crippen LogP contribution in [0.1, 0.15) is 44.0 Å². The molecule has 4 unspecified atom stereocenters. The number of carbonyl (C=O) groups excluding carboxylic acids is 2. The van der Waals surface area contributed by atoms with E-state index in [1.165, 1.54) is 24.3 Å². The Morgan fingerprint density at radius 2 is 1.89 bits per heavy atom. The van der Waals surface area contributed by atoms with Crippen LogP contribution in [0, 0.1) is 10.1 Å². The molecule has 0 bridgehead atoms. The highest BCUT2D eigenvalue weighted by molar-refractivity contribution is 5.89. The summed E-state index contributed by atoms with van der Waals surface area (Å²) < 4.78 is 16.3. The first kappa shape index (κ1) is 19.1. The van der Waals surface area contributed by atoms with Gasteiger partial charge in [-0.3, -0.25) is 10.1 Å². The van der Waals surface area contributed by atoms with Crippen molar-refractivity contribution in [3.05, 3.63) is 39.9 Å². The van der Waals surface area contributed by atoms with Crippen molar-refractivity contribution in [1.29, 1.82) is 0 Å². The molecule has 146 valence electrons. The fourth-order valence-corrected chi connectivity index (χ4v) is 3.10. The van der Waals surface area contributed by atoms with Gasteiger partial charge in [-0.2, -0.15) is 0 Å². The second-order valence-electron chi connectivity index (χ2n) is 7.70. The minimum absolute atomic E-state index is 0.0617. The van der Waals surface area contributed by atoms with Crippen molar-refractivity contribution in [2.45, 2.75) is 63.6 Å². The fraction of sp³-hybridized carbons (Fsp3) is 0.556. The molecule has 9 nitrogen and oxygen atoms in total. The van der Waals surface area contributed by atoms with Gasteiger partial charge in [0.25, 0.3) is 5.69 Å². The van der Waals surface area contributed by atoms with Crippen molar-refractivity contribution in [2.75, 3.05) is 0 Å². The van der Waals surface area contributed by atoms with E-state index in [4.69, 9.17) is 14.2 Å². The molecule has 2 fully saturated rings. The molecule has 4 atom stereocenters. The number of epoxide rings is 1. The van der Waals surface area contributed by atoms with E-state index in [1.807, 2.05) is 0 Å². The molecule has 2 aliphatic rings. The molecule has 0 radical (unpaired) electrons. The molecule has 27 heavy (non-hydrogen) atoms. The van der Waals surface area contributed by atoms with Gasteiger partial charge in [-0.25, -0.2) is 9.59 Å². The van der Waals surface area contributed by atoms with Gasteiger partial charge < -0.3 is 19.5 Å². The van der Waals surface area contributed by atoms with Crippen LogP contribution in [-0.2, 0) is 14.2 Å². The molecule has 1 N–H and O–H groups in total. The van der Waals surface area contributed by atoms with Gasteiger partial charge in [0, 0.05) is 24.6 Å². The van der Waals surface area contributed by atoms with Gasteiger partial charge in [0.2, 0.25) is 0 Å². The molecule has 1 heterocycles. The van der Waals surface area contributed by atoms with Crippen LogP contribution in [0.4, 0.5) is 10.5 Å². The number of benzene rings is 1. The summed E-state index contributed by atoms with van der Waals surface area (Å²) in [7, 11) is 0. The number of fused-ring (bicyclic) bond motifs is 1. The Hall–Kier alpha value is -2.68. The van der Waals surface area contributed by atoms with Gasteiger partial charge in [0.1, 0.15) is 17.8 Å².